The molecule has 1 aliphatic carbocycles. The van der Waals surface area contributed by atoms with Crippen molar-refractivity contribution < 1.29 is 14.3 Å². The second-order valence-corrected chi connectivity index (χ2v) is 6.64. The van der Waals surface area contributed by atoms with Gasteiger partial charge in [-0.1, -0.05) is 0 Å². The van der Waals surface area contributed by atoms with E-state index in [9.17, 15) is 9.59 Å². The van der Waals surface area contributed by atoms with Gasteiger partial charge in [0.15, 0.2) is 11.5 Å². The van der Waals surface area contributed by atoms with Crippen molar-refractivity contribution >= 4 is 18.1 Å². The number of methoxy groups -OCH3 is 1. The number of carbonyl (C=O) groups excluding carboxylic acids is 2. The molecule has 0 atom stereocenters. The summed E-state index contributed by atoms with van der Waals surface area (Å²) in [5.74, 6) is 0.935. The highest BCUT2D eigenvalue weighted by molar-refractivity contribution is 5.99. The molecule has 0 bridgehead atoms. The number of hydrogen-bond acceptors (Lipinski definition) is 4. The van der Waals surface area contributed by atoms with Crippen molar-refractivity contribution in [1.82, 2.24) is 14.5 Å². The van der Waals surface area contributed by atoms with Gasteiger partial charge in [0.05, 0.1) is 12.4 Å². The van der Waals surface area contributed by atoms with Crippen LogP contribution in [0.5, 0.6) is 0 Å². The molecule has 24 heavy (non-hydrogen) atoms. The van der Waals surface area contributed by atoms with E-state index < -0.39 is 0 Å². The first-order valence-corrected chi connectivity index (χ1v) is 8.45. The van der Waals surface area contributed by atoms with Crippen molar-refractivity contribution in [3.8, 4) is 0 Å². The minimum Gasteiger partial charge on any atom is -0.381 e. The van der Waals surface area contributed by atoms with E-state index in [1.165, 1.54) is 4.90 Å². The van der Waals surface area contributed by atoms with Crippen LogP contribution in [-0.4, -0.2) is 60.6 Å². The maximum absolute atomic E-state index is 12.7. The lowest BCUT2D eigenvalue weighted by Gasteiger charge is -2.29. The third-order valence-corrected chi connectivity index (χ3v) is 4.96. The molecule has 0 aliphatic heterocycles. The highest BCUT2D eigenvalue weighted by Gasteiger charge is 2.25. The molecule has 1 fully saturated rings. The van der Waals surface area contributed by atoms with Crippen LogP contribution in [0.25, 0.3) is 0 Å². The Hall–Kier alpha value is -1.89. The Bertz CT molecular complexity index is 564. The Morgan fingerprint density at radius 3 is 2.62 bits per heavy atom. The zero-order valence-electron chi connectivity index (χ0n) is 15.1. The minimum atomic E-state index is -0.107. The molecule has 1 aliphatic rings. The van der Waals surface area contributed by atoms with E-state index in [0.717, 1.165) is 32.1 Å². The van der Waals surface area contributed by atoms with Crippen LogP contribution in [0.15, 0.2) is 6.33 Å². The molecule has 2 rings (SSSR count). The summed E-state index contributed by atoms with van der Waals surface area (Å²) >= 11 is 0. The van der Waals surface area contributed by atoms with Crippen molar-refractivity contribution in [2.75, 3.05) is 32.6 Å². The second-order valence-electron chi connectivity index (χ2n) is 6.64. The van der Waals surface area contributed by atoms with Crippen LogP contribution in [0.4, 0.5) is 5.82 Å². The van der Waals surface area contributed by atoms with E-state index in [2.05, 4.69) is 4.98 Å². The standard InChI is InChI=1S/C17H28N4O3/c1-19(10-9-13-5-7-14(24-4)8-6-13)17(23)15-16(21(3)12-22)18-11-20(15)2/h11-14H,5-10H2,1-4H3. The Kier molecular flexibility index (Phi) is 6.36. The summed E-state index contributed by atoms with van der Waals surface area (Å²) in [6.07, 6.45) is 8.14. The smallest absolute Gasteiger partial charge is 0.274 e. The molecule has 0 aromatic carbocycles. The van der Waals surface area contributed by atoms with Gasteiger partial charge in [0.25, 0.3) is 5.91 Å². The maximum atomic E-state index is 12.7. The number of amides is 2. The molecule has 7 heteroatoms. The number of ether oxygens (including phenoxy) is 1. The first kappa shape index (κ1) is 18.4. The predicted octanol–water partition coefficient (Wildman–Crippen LogP) is 1.68. The molecule has 134 valence electrons. The van der Waals surface area contributed by atoms with Gasteiger partial charge in [0.2, 0.25) is 6.41 Å². The van der Waals surface area contributed by atoms with E-state index in [1.54, 1.807) is 44.0 Å². The summed E-state index contributed by atoms with van der Waals surface area (Å²) in [5, 5.41) is 0. The van der Waals surface area contributed by atoms with Gasteiger partial charge < -0.3 is 19.1 Å². The van der Waals surface area contributed by atoms with Crippen LogP contribution in [0.2, 0.25) is 0 Å². The Balaban J connectivity index is 1.93. The van der Waals surface area contributed by atoms with Crippen LogP contribution < -0.4 is 4.90 Å². The van der Waals surface area contributed by atoms with Gasteiger partial charge in [-0.05, 0) is 38.0 Å². The number of aryl methyl sites for hydroxylation is 1. The molecule has 0 spiro atoms. The lowest BCUT2D eigenvalue weighted by molar-refractivity contribution is -0.107. The third-order valence-electron chi connectivity index (χ3n) is 4.96. The monoisotopic (exact) mass is 336 g/mol. The van der Waals surface area contributed by atoms with E-state index in [0.29, 0.717) is 36.5 Å². The number of imidazole rings is 1. The van der Waals surface area contributed by atoms with Crippen molar-refractivity contribution in [2.45, 2.75) is 38.2 Å². The Morgan fingerprint density at radius 1 is 1.38 bits per heavy atom. The zero-order valence-corrected chi connectivity index (χ0v) is 15.1. The third kappa shape index (κ3) is 4.14. The topological polar surface area (TPSA) is 67.7 Å². The van der Waals surface area contributed by atoms with E-state index in [-0.39, 0.29) is 5.91 Å². The Morgan fingerprint density at radius 2 is 2.04 bits per heavy atom. The highest BCUT2D eigenvalue weighted by Crippen LogP contribution is 2.28. The molecule has 0 radical (unpaired) electrons. The predicted molar refractivity (Wildman–Crippen MR) is 92.0 cm³/mol. The number of anilines is 1. The number of carbonyl (C=O) groups is 2. The van der Waals surface area contributed by atoms with Gasteiger partial charge in [-0.15, -0.1) is 0 Å². The normalized spacial score (nSPS) is 20.7. The van der Waals surface area contributed by atoms with Crippen LogP contribution in [-0.2, 0) is 16.6 Å². The summed E-state index contributed by atoms with van der Waals surface area (Å²) < 4.78 is 7.07. The molecule has 1 saturated carbocycles. The Labute approximate surface area is 143 Å². The van der Waals surface area contributed by atoms with Gasteiger partial charge in [0, 0.05) is 34.8 Å². The fourth-order valence-electron chi connectivity index (χ4n) is 3.29. The molecule has 0 saturated heterocycles. The summed E-state index contributed by atoms with van der Waals surface area (Å²) in [4.78, 5) is 30.9. The zero-order chi connectivity index (χ0) is 17.7. The molecular weight excluding hydrogens is 308 g/mol. The van der Waals surface area contributed by atoms with E-state index >= 15 is 0 Å². The van der Waals surface area contributed by atoms with Crippen molar-refractivity contribution in [2.24, 2.45) is 13.0 Å². The lowest BCUT2D eigenvalue weighted by Crippen LogP contribution is -2.32. The maximum Gasteiger partial charge on any atom is 0.274 e. The molecule has 1 aromatic rings. The van der Waals surface area contributed by atoms with Gasteiger partial charge in [-0.3, -0.25) is 9.59 Å². The SMILES string of the molecule is COC1CCC(CCN(C)C(=O)c2c(N(C)C=O)ncn2C)CC1. The van der Waals surface area contributed by atoms with Crippen LogP contribution in [0.1, 0.15) is 42.6 Å². The van der Waals surface area contributed by atoms with Gasteiger partial charge in [0.1, 0.15) is 0 Å². The van der Waals surface area contributed by atoms with Gasteiger partial charge in [-0.2, -0.15) is 0 Å². The largest absolute Gasteiger partial charge is 0.381 e. The molecule has 0 unspecified atom stereocenters. The fraction of sp³-hybridized carbons (Fsp3) is 0.706. The molecule has 7 nitrogen and oxygen atoms in total. The summed E-state index contributed by atoms with van der Waals surface area (Å²) in [5.41, 5.74) is 0.440. The minimum absolute atomic E-state index is 0.107. The molecule has 2 amide bonds. The quantitative estimate of drug-likeness (QED) is 0.711. The molecular formula is C17H28N4O3. The molecule has 0 N–H and O–H groups in total. The van der Waals surface area contributed by atoms with Crippen LogP contribution >= 0.6 is 0 Å². The van der Waals surface area contributed by atoms with Crippen LogP contribution in [0.3, 0.4) is 0 Å². The van der Waals surface area contributed by atoms with Crippen molar-refractivity contribution in [3.63, 3.8) is 0 Å². The highest BCUT2D eigenvalue weighted by atomic mass is 16.5. The van der Waals surface area contributed by atoms with Crippen LogP contribution in [0, 0.1) is 5.92 Å². The molecule has 1 aromatic heterocycles. The second kappa shape index (κ2) is 8.28. The van der Waals surface area contributed by atoms with Gasteiger partial charge in [-0.25, -0.2) is 4.98 Å². The first-order chi connectivity index (χ1) is 11.5. The number of rotatable bonds is 7. The van der Waals surface area contributed by atoms with Gasteiger partial charge >= 0.3 is 0 Å². The van der Waals surface area contributed by atoms with E-state index in [1.807, 2.05) is 0 Å². The average molecular weight is 336 g/mol. The fourth-order valence-corrected chi connectivity index (χ4v) is 3.29. The van der Waals surface area contributed by atoms with Crippen molar-refractivity contribution in [3.05, 3.63) is 12.0 Å². The average Bonchev–Trinajstić information content (AvgIpc) is 3.00. The summed E-state index contributed by atoms with van der Waals surface area (Å²) in [6.45, 7) is 0.705. The van der Waals surface area contributed by atoms with E-state index in [4.69, 9.17) is 4.74 Å². The number of aromatic nitrogens is 2. The molecule has 1 heterocycles. The number of hydrogen-bond donors (Lipinski definition) is 0. The first-order valence-electron chi connectivity index (χ1n) is 8.45. The lowest BCUT2D eigenvalue weighted by atomic mass is 9.85. The number of nitrogens with zero attached hydrogens (tertiary/aromatic N) is 4. The summed E-state index contributed by atoms with van der Waals surface area (Å²) in [7, 11) is 6.95. The summed E-state index contributed by atoms with van der Waals surface area (Å²) in [6, 6.07) is 0. The van der Waals surface area contributed by atoms with Crippen molar-refractivity contribution in [1.29, 1.82) is 0 Å².